The highest BCUT2D eigenvalue weighted by Gasteiger charge is 2.50. The third-order valence-electron chi connectivity index (χ3n) is 9.01. The summed E-state index contributed by atoms with van der Waals surface area (Å²) in [6, 6.07) is 10.2. The van der Waals surface area contributed by atoms with Crippen LogP contribution in [0.2, 0.25) is 0 Å². The highest BCUT2D eigenvalue weighted by molar-refractivity contribution is 7.94. The third-order valence-corrected chi connectivity index (χ3v) is 11.2. The van der Waals surface area contributed by atoms with E-state index in [4.69, 9.17) is 0 Å². The summed E-state index contributed by atoms with van der Waals surface area (Å²) < 4.78 is 54.9. The highest BCUT2D eigenvalue weighted by atomic mass is 32.2. The minimum absolute atomic E-state index is 0.203. The molecule has 1 amide bonds. The number of halogens is 2. The first-order valence-corrected chi connectivity index (χ1v) is 15.3. The van der Waals surface area contributed by atoms with Crippen molar-refractivity contribution in [2.45, 2.75) is 69.0 Å². The molecular formula is C28H35F2N5O3S. The molecule has 4 aliphatic rings. The first-order chi connectivity index (χ1) is 18.5. The number of amides is 1. The van der Waals surface area contributed by atoms with E-state index >= 15 is 0 Å². The summed E-state index contributed by atoms with van der Waals surface area (Å²) in [7, 11) is -3.53. The number of aromatic nitrogens is 1. The number of pyridine rings is 1. The van der Waals surface area contributed by atoms with Gasteiger partial charge in [-0.3, -0.25) is 9.52 Å². The Kier molecular flexibility index (Phi) is 6.28. The van der Waals surface area contributed by atoms with Crippen LogP contribution in [0.25, 0.3) is 0 Å². The molecule has 4 fully saturated rings. The van der Waals surface area contributed by atoms with Gasteiger partial charge in [-0.15, -0.1) is 0 Å². The van der Waals surface area contributed by atoms with E-state index in [1.165, 1.54) is 12.8 Å². The monoisotopic (exact) mass is 559 g/mol. The number of hydrogen-bond acceptors (Lipinski definition) is 6. The van der Waals surface area contributed by atoms with Gasteiger partial charge in [-0.05, 0) is 81.2 Å². The minimum Gasteiger partial charge on any atom is -0.371 e. The van der Waals surface area contributed by atoms with Crippen LogP contribution < -0.4 is 19.8 Å². The lowest BCUT2D eigenvalue weighted by molar-refractivity contribution is -0.0221. The molecule has 210 valence electrons. The van der Waals surface area contributed by atoms with Crippen molar-refractivity contribution in [1.82, 2.24) is 4.98 Å². The van der Waals surface area contributed by atoms with Crippen molar-refractivity contribution in [3.05, 3.63) is 42.0 Å². The lowest BCUT2D eigenvalue weighted by atomic mass is 9.93. The van der Waals surface area contributed by atoms with E-state index in [-0.39, 0.29) is 31.8 Å². The van der Waals surface area contributed by atoms with E-state index in [0.717, 1.165) is 25.9 Å². The fourth-order valence-corrected chi connectivity index (χ4v) is 6.91. The van der Waals surface area contributed by atoms with Gasteiger partial charge in [0, 0.05) is 39.0 Å². The SMILES string of the molecule is CC1(S(=O)(=O)Nc2ccc(C(=O)Nc3cccc(N4CCC(F)(F)CC4)n3)c(N3CCC4(CC3)CC4)c2)CC1. The van der Waals surface area contributed by atoms with Gasteiger partial charge in [0.15, 0.2) is 0 Å². The number of anilines is 4. The van der Waals surface area contributed by atoms with Gasteiger partial charge in [0.1, 0.15) is 11.6 Å². The predicted molar refractivity (Wildman–Crippen MR) is 148 cm³/mol. The van der Waals surface area contributed by atoms with Crippen molar-refractivity contribution in [3.63, 3.8) is 0 Å². The molecule has 2 aliphatic carbocycles. The largest absolute Gasteiger partial charge is 0.371 e. The zero-order valence-corrected chi connectivity index (χ0v) is 23.0. The Balaban J connectivity index is 1.23. The van der Waals surface area contributed by atoms with Crippen molar-refractivity contribution in [3.8, 4) is 0 Å². The molecule has 2 saturated heterocycles. The molecule has 1 aromatic heterocycles. The minimum atomic E-state index is -3.53. The Hall–Kier alpha value is -2.95. The number of carbonyl (C=O) groups excluding carboxylic acids is 1. The molecular weight excluding hydrogens is 524 g/mol. The van der Waals surface area contributed by atoms with Crippen molar-refractivity contribution >= 4 is 38.9 Å². The first kappa shape index (κ1) is 26.3. The average Bonchev–Trinajstić information content (AvgIpc) is 3.83. The fraction of sp³-hybridized carbons (Fsp3) is 0.571. The molecule has 11 heteroatoms. The maximum absolute atomic E-state index is 13.6. The molecule has 0 unspecified atom stereocenters. The topological polar surface area (TPSA) is 94.6 Å². The standard InChI is InChI=1S/C28H35F2N5O3S/c1-26(7-8-26)39(37,38)33-20-5-6-21(22(19-20)34-15-11-27(9-10-27)12-16-34)25(36)32-23-3-2-4-24(31-23)35-17-13-28(29,30)14-18-35/h2-6,19,33H,7-18H2,1H3,(H,31,32,36). The second kappa shape index (κ2) is 9.31. The molecule has 6 rings (SSSR count). The molecule has 3 heterocycles. The highest BCUT2D eigenvalue weighted by Crippen LogP contribution is 2.54. The third kappa shape index (κ3) is 5.42. The normalized spacial score (nSPS) is 22.8. The second-order valence-corrected chi connectivity index (χ2v) is 14.1. The Morgan fingerprint density at radius 2 is 1.56 bits per heavy atom. The van der Waals surface area contributed by atoms with Gasteiger partial charge in [-0.1, -0.05) is 6.07 Å². The number of sulfonamides is 1. The smallest absolute Gasteiger partial charge is 0.258 e. The van der Waals surface area contributed by atoms with Gasteiger partial charge in [0.25, 0.3) is 11.8 Å². The van der Waals surface area contributed by atoms with E-state index in [9.17, 15) is 22.0 Å². The zero-order valence-electron chi connectivity index (χ0n) is 22.2. The number of nitrogens with one attached hydrogen (secondary N) is 2. The lowest BCUT2D eigenvalue weighted by Gasteiger charge is -2.35. The lowest BCUT2D eigenvalue weighted by Crippen LogP contribution is -2.39. The number of hydrogen-bond donors (Lipinski definition) is 2. The summed E-state index contributed by atoms with van der Waals surface area (Å²) >= 11 is 0. The van der Waals surface area contributed by atoms with Crippen LogP contribution in [0.3, 0.4) is 0 Å². The summed E-state index contributed by atoms with van der Waals surface area (Å²) in [6.45, 7) is 3.76. The van der Waals surface area contributed by atoms with Crippen LogP contribution >= 0.6 is 0 Å². The quantitative estimate of drug-likeness (QED) is 0.482. The van der Waals surface area contributed by atoms with Gasteiger partial charge in [0.05, 0.1) is 21.7 Å². The zero-order chi connectivity index (χ0) is 27.5. The summed E-state index contributed by atoms with van der Waals surface area (Å²) in [4.78, 5) is 22.0. The van der Waals surface area contributed by atoms with E-state index < -0.39 is 20.7 Å². The van der Waals surface area contributed by atoms with Gasteiger partial charge in [0.2, 0.25) is 10.0 Å². The van der Waals surface area contributed by atoms with E-state index in [0.29, 0.717) is 46.8 Å². The molecule has 2 N–H and O–H groups in total. The number of benzene rings is 1. The van der Waals surface area contributed by atoms with Crippen molar-refractivity contribution < 1.29 is 22.0 Å². The number of nitrogens with zero attached hydrogens (tertiary/aromatic N) is 3. The van der Waals surface area contributed by atoms with Crippen molar-refractivity contribution in [2.24, 2.45) is 5.41 Å². The molecule has 8 nitrogen and oxygen atoms in total. The molecule has 2 aromatic rings. The summed E-state index contributed by atoms with van der Waals surface area (Å²) in [6.07, 6.45) is 5.45. The molecule has 1 aromatic carbocycles. The predicted octanol–water partition coefficient (Wildman–Crippen LogP) is 5.24. The molecule has 1 spiro atoms. The summed E-state index contributed by atoms with van der Waals surface area (Å²) in [5.74, 6) is -2.12. The molecule has 39 heavy (non-hydrogen) atoms. The summed E-state index contributed by atoms with van der Waals surface area (Å²) in [5, 5.41) is 2.87. The van der Waals surface area contributed by atoms with Crippen LogP contribution in [0.5, 0.6) is 0 Å². The molecule has 0 bridgehead atoms. The van der Waals surface area contributed by atoms with Crippen LogP contribution in [-0.2, 0) is 10.0 Å². The maximum atomic E-state index is 13.6. The van der Waals surface area contributed by atoms with Crippen LogP contribution in [0.1, 0.15) is 68.6 Å². The number of piperidine rings is 2. The van der Waals surface area contributed by atoms with Gasteiger partial charge in [-0.2, -0.15) is 0 Å². The molecule has 2 saturated carbocycles. The number of carbonyl (C=O) groups is 1. The van der Waals surface area contributed by atoms with Crippen LogP contribution in [0.15, 0.2) is 36.4 Å². The van der Waals surface area contributed by atoms with Crippen molar-refractivity contribution in [2.75, 3.05) is 46.0 Å². The number of rotatable bonds is 7. The molecule has 2 aliphatic heterocycles. The van der Waals surface area contributed by atoms with Gasteiger partial charge in [-0.25, -0.2) is 22.2 Å². The van der Waals surface area contributed by atoms with Crippen molar-refractivity contribution in [1.29, 1.82) is 0 Å². The van der Waals surface area contributed by atoms with Crippen LogP contribution in [0.4, 0.5) is 31.8 Å². The Morgan fingerprint density at radius 3 is 2.21 bits per heavy atom. The molecule has 0 atom stereocenters. The Morgan fingerprint density at radius 1 is 0.897 bits per heavy atom. The number of alkyl halides is 2. The van der Waals surface area contributed by atoms with E-state index in [1.54, 1.807) is 48.2 Å². The molecule has 0 radical (unpaired) electrons. The summed E-state index contributed by atoms with van der Waals surface area (Å²) in [5.41, 5.74) is 2.02. The second-order valence-electron chi connectivity index (χ2n) is 12.0. The van der Waals surface area contributed by atoms with E-state index in [1.807, 2.05) is 0 Å². The van der Waals surface area contributed by atoms with Crippen LogP contribution in [0, 0.1) is 5.41 Å². The van der Waals surface area contributed by atoms with Gasteiger partial charge < -0.3 is 15.1 Å². The fourth-order valence-electron chi connectivity index (χ4n) is 5.59. The van der Waals surface area contributed by atoms with Gasteiger partial charge >= 0.3 is 0 Å². The Labute approximate surface area is 228 Å². The maximum Gasteiger partial charge on any atom is 0.258 e. The van der Waals surface area contributed by atoms with Crippen LogP contribution in [-0.4, -0.2) is 56.2 Å². The average molecular weight is 560 g/mol. The first-order valence-electron chi connectivity index (χ1n) is 13.8. The Bertz CT molecular complexity index is 1370. The van der Waals surface area contributed by atoms with E-state index in [2.05, 4.69) is 19.9 Å².